The van der Waals surface area contributed by atoms with E-state index < -0.39 is 11.6 Å². The van der Waals surface area contributed by atoms with Gasteiger partial charge in [-0.1, -0.05) is 49.4 Å². The van der Waals surface area contributed by atoms with E-state index in [9.17, 15) is 4.39 Å². The Kier molecular flexibility index (Phi) is 8.46. The number of benzene rings is 2. The van der Waals surface area contributed by atoms with Crippen LogP contribution in [0.2, 0.25) is 0 Å². The number of allylic oxidation sites excluding steroid dienone is 1. The number of halogens is 2. The van der Waals surface area contributed by atoms with Crippen LogP contribution in [0.15, 0.2) is 65.7 Å². The van der Waals surface area contributed by atoms with Crippen LogP contribution in [0, 0.1) is 11.6 Å². The highest BCUT2D eigenvalue weighted by Crippen LogP contribution is 2.35. The maximum Gasteiger partial charge on any atom is 0.173 e. The standard InChI is InChI=1S/C22H22F2N2.C2H5N/c1-3-4-5-10-15-26(2)22-17-12-7-9-14-19(17)25-21(20(22)24)16-11-6-8-13-18(16)23;1-3-2/h4-9,11-14H,3,10,15H2,1-2H3;1H2,2H3/b5-4+;. The van der Waals surface area contributed by atoms with Crippen LogP contribution in [-0.4, -0.2) is 32.3 Å². The first-order chi connectivity index (χ1) is 14.0. The second-order valence-electron chi connectivity index (χ2n) is 6.53. The van der Waals surface area contributed by atoms with Gasteiger partial charge in [0, 0.05) is 31.6 Å². The predicted octanol–water partition coefficient (Wildman–Crippen LogP) is 6.29. The van der Waals surface area contributed by atoms with Gasteiger partial charge in [-0.25, -0.2) is 13.8 Å². The molecule has 0 radical (unpaired) electrons. The van der Waals surface area contributed by atoms with Gasteiger partial charge in [-0.15, -0.1) is 0 Å². The van der Waals surface area contributed by atoms with Crippen LogP contribution in [0.3, 0.4) is 0 Å². The molecule has 0 aliphatic rings. The molecule has 0 saturated carbocycles. The molecule has 29 heavy (non-hydrogen) atoms. The van der Waals surface area contributed by atoms with Crippen molar-refractivity contribution in [3.8, 4) is 11.3 Å². The highest BCUT2D eigenvalue weighted by Gasteiger charge is 2.20. The van der Waals surface area contributed by atoms with Crippen molar-refractivity contribution in [1.82, 2.24) is 4.98 Å². The first kappa shape index (κ1) is 22.2. The van der Waals surface area contributed by atoms with Crippen LogP contribution in [0.25, 0.3) is 22.2 Å². The van der Waals surface area contributed by atoms with E-state index in [4.69, 9.17) is 0 Å². The van der Waals surface area contributed by atoms with Gasteiger partial charge in [0.1, 0.15) is 11.5 Å². The Morgan fingerprint density at radius 3 is 2.41 bits per heavy atom. The van der Waals surface area contributed by atoms with Gasteiger partial charge < -0.3 is 9.89 Å². The molecule has 3 aromatic rings. The van der Waals surface area contributed by atoms with Crippen molar-refractivity contribution < 1.29 is 8.78 Å². The Morgan fingerprint density at radius 1 is 1.07 bits per heavy atom. The second-order valence-corrected chi connectivity index (χ2v) is 6.53. The van der Waals surface area contributed by atoms with Crippen LogP contribution >= 0.6 is 0 Å². The summed E-state index contributed by atoms with van der Waals surface area (Å²) < 4.78 is 29.7. The minimum absolute atomic E-state index is 0.0488. The van der Waals surface area contributed by atoms with Crippen molar-refractivity contribution in [3.05, 3.63) is 72.3 Å². The molecule has 0 spiro atoms. The van der Waals surface area contributed by atoms with Gasteiger partial charge in [0.25, 0.3) is 0 Å². The number of pyridine rings is 1. The lowest BCUT2D eigenvalue weighted by Crippen LogP contribution is -2.20. The Labute approximate surface area is 171 Å². The molecule has 5 heteroatoms. The predicted molar refractivity (Wildman–Crippen MR) is 120 cm³/mol. The first-order valence-corrected chi connectivity index (χ1v) is 9.59. The molecule has 0 aliphatic heterocycles. The third-order valence-corrected chi connectivity index (χ3v) is 4.35. The lowest BCUT2D eigenvalue weighted by molar-refractivity contribution is 0.611. The van der Waals surface area contributed by atoms with E-state index in [0.717, 1.165) is 18.2 Å². The molecular formula is C24H27F2N3. The molecule has 3 rings (SSSR count). The Hall–Kier alpha value is -3.08. The fourth-order valence-electron chi connectivity index (χ4n) is 3.04. The topological polar surface area (TPSA) is 28.5 Å². The minimum Gasteiger partial charge on any atom is -0.371 e. The molecule has 2 aromatic carbocycles. The molecule has 1 heterocycles. The summed E-state index contributed by atoms with van der Waals surface area (Å²) in [5.74, 6) is -0.968. The molecular weight excluding hydrogens is 368 g/mol. The van der Waals surface area contributed by atoms with E-state index in [1.807, 2.05) is 36.2 Å². The Balaban J connectivity index is 0.000000941. The number of para-hydroxylation sites is 1. The minimum atomic E-state index is -0.490. The number of hydrogen-bond acceptors (Lipinski definition) is 3. The molecule has 0 unspecified atom stereocenters. The van der Waals surface area contributed by atoms with Crippen molar-refractivity contribution in [3.63, 3.8) is 0 Å². The molecule has 0 bridgehead atoms. The molecule has 1 aromatic heterocycles. The van der Waals surface area contributed by atoms with Gasteiger partial charge in [-0.2, -0.15) is 0 Å². The lowest BCUT2D eigenvalue weighted by Gasteiger charge is -2.22. The number of hydrogen-bond donors (Lipinski definition) is 0. The summed E-state index contributed by atoms with van der Waals surface area (Å²) >= 11 is 0. The van der Waals surface area contributed by atoms with Crippen molar-refractivity contribution in [1.29, 1.82) is 0 Å². The van der Waals surface area contributed by atoms with Gasteiger partial charge in [0.05, 0.1) is 11.2 Å². The highest BCUT2D eigenvalue weighted by atomic mass is 19.1. The summed E-state index contributed by atoms with van der Waals surface area (Å²) in [6.07, 6.45) is 5.98. The SMILES string of the molecule is C=NC.CC/C=C/CCN(C)c1c(F)c(-c2ccccc2F)nc2ccccc12. The number of nitrogens with zero attached hydrogens (tertiary/aromatic N) is 3. The maximum absolute atomic E-state index is 15.4. The van der Waals surface area contributed by atoms with E-state index in [2.05, 4.69) is 35.8 Å². The van der Waals surface area contributed by atoms with Crippen molar-refractivity contribution >= 4 is 23.3 Å². The van der Waals surface area contributed by atoms with Crippen LogP contribution in [0.4, 0.5) is 14.5 Å². The average Bonchev–Trinajstić information content (AvgIpc) is 2.72. The van der Waals surface area contributed by atoms with E-state index in [0.29, 0.717) is 17.7 Å². The van der Waals surface area contributed by atoms with Gasteiger partial charge in [0.2, 0.25) is 0 Å². The largest absolute Gasteiger partial charge is 0.371 e. The second kappa shape index (κ2) is 11.1. The summed E-state index contributed by atoms with van der Waals surface area (Å²) in [4.78, 5) is 9.53. The quantitative estimate of drug-likeness (QED) is 0.362. The van der Waals surface area contributed by atoms with E-state index in [1.165, 1.54) is 6.07 Å². The monoisotopic (exact) mass is 395 g/mol. The van der Waals surface area contributed by atoms with Gasteiger partial charge in [0.15, 0.2) is 5.82 Å². The molecule has 152 valence electrons. The number of fused-ring (bicyclic) bond motifs is 1. The van der Waals surface area contributed by atoms with Crippen LogP contribution < -0.4 is 4.90 Å². The molecule has 0 N–H and O–H groups in total. The summed E-state index contributed by atoms with van der Waals surface area (Å²) in [6, 6.07) is 13.6. The van der Waals surface area contributed by atoms with Gasteiger partial charge in [-0.3, -0.25) is 0 Å². The first-order valence-electron chi connectivity index (χ1n) is 9.59. The molecule has 0 aliphatic carbocycles. The zero-order valence-corrected chi connectivity index (χ0v) is 17.2. The highest BCUT2D eigenvalue weighted by molar-refractivity contribution is 5.94. The fourth-order valence-corrected chi connectivity index (χ4v) is 3.04. The normalized spacial score (nSPS) is 10.7. The molecule has 0 amide bonds. The smallest absolute Gasteiger partial charge is 0.173 e. The van der Waals surface area contributed by atoms with E-state index in [-0.39, 0.29) is 11.3 Å². The van der Waals surface area contributed by atoms with Crippen LogP contribution in [0.1, 0.15) is 19.8 Å². The third kappa shape index (κ3) is 5.47. The summed E-state index contributed by atoms with van der Waals surface area (Å²) in [7, 11) is 3.50. The van der Waals surface area contributed by atoms with Gasteiger partial charge in [-0.05, 0) is 37.8 Å². The molecule has 0 saturated heterocycles. The molecule has 0 atom stereocenters. The number of rotatable bonds is 6. The average molecular weight is 395 g/mol. The van der Waals surface area contributed by atoms with E-state index >= 15 is 4.39 Å². The molecule has 3 nitrogen and oxygen atoms in total. The van der Waals surface area contributed by atoms with Gasteiger partial charge >= 0.3 is 0 Å². The lowest BCUT2D eigenvalue weighted by atomic mass is 10.1. The zero-order chi connectivity index (χ0) is 21.2. The van der Waals surface area contributed by atoms with Crippen LogP contribution in [-0.2, 0) is 0 Å². The summed E-state index contributed by atoms with van der Waals surface area (Å²) in [5.41, 5.74) is 1.33. The van der Waals surface area contributed by atoms with Crippen molar-refractivity contribution in [2.45, 2.75) is 19.8 Å². The van der Waals surface area contributed by atoms with Crippen molar-refractivity contribution in [2.24, 2.45) is 4.99 Å². The maximum atomic E-state index is 15.4. The van der Waals surface area contributed by atoms with Crippen molar-refractivity contribution in [2.75, 3.05) is 25.5 Å². The Morgan fingerprint density at radius 2 is 1.72 bits per heavy atom. The fraction of sp³-hybridized carbons (Fsp3) is 0.250. The van der Waals surface area contributed by atoms with Crippen LogP contribution in [0.5, 0.6) is 0 Å². The third-order valence-electron chi connectivity index (χ3n) is 4.35. The number of aromatic nitrogens is 1. The number of anilines is 1. The number of aliphatic imine (C=N–C) groups is 1. The summed E-state index contributed by atoms with van der Waals surface area (Å²) in [5, 5.41) is 0.729. The summed E-state index contributed by atoms with van der Waals surface area (Å²) in [6.45, 7) is 5.86. The Bertz CT molecular complexity index is 983. The van der Waals surface area contributed by atoms with E-state index in [1.54, 1.807) is 25.2 Å². The molecule has 0 fully saturated rings. The zero-order valence-electron chi connectivity index (χ0n) is 17.2.